The monoisotopic (exact) mass is 247 g/mol. The van der Waals surface area contributed by atoms with Crippen molar-refractivity contribution in [3.8, 4) is 0 Å². The molecule has 2 aliphatic heterocycles. The van der Waals surface area contributed by atoms with E-state index in [1.807, 2.05) is 6.07 Å². The lowest BCUT2D eigenvalue weighted by atomic mass is 9.81. The van der Waals surface area contributed by atoms with Crippen molar-refractivity contribution in [2.45, 2.75) is 25.8 Å². The molecule has 0 aliphatic carbocycles. The largest absolute Gasteiger partial charge is 0.312 e. The van der Waals surface area contributed by atoms with Crippen molar-refractivity contribution >= 4 is 5.95 Å². The van der Waals surface area contributed by atoms with Gasteiger partial charge in [0.25, 0.3) is 0 Å². The minimum Gasteiger partial charge on any atom is -0.312 e. The van der Waals surface area contributed by atoms with Crippen molar-refractivity contribution in [2.75, 3.05) is 25.1 Å². The molecule has 1 aromatic rings. The van der Waals surface area contributed by atoms with Crippen LogP contribution in [-0.4, -0.2) is 40.7 Å². The Morgan fingerprint density at radius 2 is 2.22 bits per heavy atom. The van der Waals surface area contributed by atoms with Crippen LogP contribution in [-0.2, 0) is 0 Å². The second-order valence-electron chi connectivity index (χ2n) is 5.27. The summed E-state index contributed by atoms with van der Waals surface area (Å²) in [4.78, 5) is 8.43. The van der Waals surface area contributed by atoms with Crippen molar-refractivity contribution in [2.24, 2.45) is 11.8 Å². The Bertz CT molecular complexity index is 382. The van der Waals surface area contributed by atoms with Crippen LogP contribution in [0.25, 0.3) is 0 Å². The molecule has 0 bridgehead atoms. The van der Waals surface area contributed by atoms with Gasteiger partial charge in [0.05, 0.1) is 0 Å². The Kier molecular flexibility index (Phi) is 3.43. The van der Waals surface area contributed by atoms with Crippen molar-refractivity contribution < 1.29 is 0 Å². The Balaban J connectivity index is 1.64. The van der Waals surface area contributed by atoms with Crippen LogP contribution < -0.4 is 10.7 Å². The van der Waals surface area contributed by atoms with E-state index in [2.05, 4.69) is 32.6 Å². The maximum absolute atomic E-state index is 4.21. The molecular formula is C13H21N5. The van der Waals surface area contributed by atoms with E-state index in [0.29, 0.717) is 12.0 Å². The predicted octanol–water partition coefficient (Wildman–Crippen LogP) is 1.12. The van der Waals surface area contributed by atoms with E-state index >= 15 is 0 Å². The molecule has 5 heteroatoms. The maximum atomic E-state index is 4.21. The Morgan fingerprint density at radius 1 is 1.39 bits per heavy atom. The molecule has 3 unspecified atom stereocenters. The highest BCUT2D eigenvalue weighted by molar-refractivity contribution is 5.21. The molecule has 3 rings (SSSR count). The number of hydrazine groups is 1. The summed E-state index contributed by atoms with van der Waals surface area (Å²) < 4.78 is 0. The lowest BCUT2D eigenvalue weighted by Gasteiger charge is -2.33. The zero-order valence-corrected chi connectivity index (χ0v) is 10.8. The van der Waals surface area contributed by atoms with E-state index in [9.17, 15) is 0 Å². The fourth-order valence-corrected chi connectivity index (χ4v) is 3.29. The molecule has 0 amide bonds. The average Bonchev–Trinajstić information content (AvgIpc) is 2.82. The summed E-state index contributed by atoms with van der Waals surface area (Å²) in [5.74, 6) is 2.32. The molecule has 5 nitrogen and oxygen atoms in total. The number of rotatable bonds is 3. The summed E-state index contributed by atoms with van der Waals surface area (Å²) in [6, 6.07) is 2.46. The van der Waals surface area contributed by atoms with Crippen LogP contribution in [0.3, 0.4) is 0 Å². The highest BCUT2D eigenvalue weighted by Crippen LogP contribution is 2.31. The molecule has 3 heterocycles. The maximum Gasteiger partial charge on any atom is 0.237 e. The summed E-state index contributed by atoms with van der Waals surface area (Å²) >= 11 is 0. The fourth-order valence-electron chi connectivity index (χ4n) is 3.29. The van der Waals surface area contributed by atoms with Gasteiger partial charge >= 0.3 is 0 Å². The summed E-state index contributed by atoms with van der Waals surface area (Å²) in [6.45, 7) is 5.60. The van der Waals surface area contributed by atoms with Gasteiger partial charge in [0.2, 0.25) is 5.95 Å². The Morgan fingerprint density at radius 3 is 3.00 bits per heavy atom. The first-order valence-electron chi connectivity index (χ1n) is 6.89. The standard InChI is InChI=1S/C13H21N5/c1-2-10-4-7-14-12-9-18(8-11(10)12)17-13-15-5-3-6-16-13/h3,5-6,10-12,14H,2,4,7-9H2,1H3,(H,15,16,17). The van der Waals surface area contributed by atoms with Crippen molar-refractivity contribution in [3.63, 3.8) is 0 Å². The van der Waals surface area contributed by atoms with Gasteiger partial charge in [-0.05, 0) is 30.9 Å². The zero-order valence-electron chi connectivity index (χ0n) is 10.8. The van der Waals surface area contributed by atoms with Gasteiger partial charge in [-0.2, -0.15) is 0 Å². The lowest BCUT2D eigenvalue weighted by Crippen LogP contribution is -2.45. The van der Waals surface area contributed by atoms with Crippen LogP contribution in [0.5, 0.6) is 0 Å². The Labute approximate surface area is 108 Å². The van der Waals surface area contributed by atoms with Gasteiger partial charge < -0.3 is 5.32 Å². The van der Waals surface area contributed by atoms with Gasteiger partial charge in [-0.15, -0.1) is 0 Å². The predicted molar refractivity (Wildman–Crippen MR) is 70.9 cm³/mol. The van der Waals surface area contributed by atoms with Crippen LogP contribution in [0.4, 0.5) is 5.95 Å². The number of hydrogen-bond acceptors (Lipinski definition) is 5. The van der Waals surface area contributed by atoms with Gasteiger partial charge in [-0.1, -0.05) is 13.3 Å². The highest BCUT2D eigenvalue weighted by Gasteiger charge is 2.39. The molecule has 0 radical (unpaired) electrons. The molecule has 0 saturated carbocycles. The number of fused-ring (bicyclic) bond motifs is 1. The number of piperidine rings is 1. The van der Waals surface area contributed by atoms with Crippen LogP contribution in [0.2, 0.25) is 0 Å². The number of aromatic nitrogens is 2. The molecule has 2 aliphatic rings. The second kappa shape index (κ2) is 5.20. The minimum atomic E-state index is 0.625. The van der Waals surface area contributed by atoms with Crippen LogP contribution in [0.1, 0.15) is 19.8 Å². The van der Waals surface area contributed by atoms with E-state index in [-0.39, 0.29) is 0 Å². The van der Waals surface area contributed by atoms with E-state index < -0.39 is 0 Å². The van der Waals surface area contributed by atoms with Crippen molar-refractivity contribution in [1.29, 1.82) is 0 Å². The molecule has 2 fully saturated rings. The number of nitrogens with one attached hydrogen (secondary N) is 2. The quantitative estimate of drug-likeness (QED) is 0.838. The molecular weight excluding hydrogens is 226 g/mol. The molecule has 3 atom stereocenters. The van der Waals surface area contributed by atoms with E-state index in [1.165, 1.54) is 12.8 Å². The third-order valence-corrected chi connectivity index (χ3v) is 4.24. The second-order valence-corrected chi connectivity index (χ2v) is 5.27. The van der Waals surface area contributed by atoms with Crippen molar-refractivity contribution in [1.82, 2.24) is 20.3 Å². The highest BCUT2D eigenvalue weighted by atomic mass is 15.6. The van der Waals surface area contributed by atoms with Gasteiger partial charge in [0.15, 0.2) is 0 Å². The molecule has 0 spiro atoms. The molecule has 18 heavy (non-hydrogen) atoms. The summed E-state index contributed by atoms with van der Waals surface area (Å²) in [7, 11) is 0. The topological polar surface area (TPSA) is 53.1 Å². The molecule has 2 N–H and O–H groups in total. The number of nitrogens with zero attached hydrogens (tertiary/aromatic N) is 3. The molecule has 1 aromatic heterocycles. The number of hydrogen-bond donors (Lipinski definition) is 2. The van der Waals surface area contributed by atoms with Crippen LogP contribution in [0.15, 0.2) is 18.5 Å². The zero-order chi connectivity index (χ0) is 12.4. The molecule has 0 aromatic carbocycles. The normalized spacial score (nSPS) is 32.2. The minimum absolute atomic E-state index is 0.625. The van der Waals surface area contributed by atoms with Crippen molar-refractivity contribution in [3.05, 3.63) is 18.5 Å². The van der Waals surface area contributed by atoms with E-state index in [0.717, 1.165) is 31.5 Å². The summed E-state index contributed by atoms with van der Waals surface area (Å²) in [5.41, 5.74) is 3.31. The third kappa shape index (κ3) is 2.33. The molecule has 2 saturated heterocycles. The first-order chi connectivity index (χ1) is 8.86. The SMILES string of the molecule is CCC1CCNC2CN(Nc3ncccn3)CC12. The smallest absolute Gasteiger partial charge is 0.237 e. The van der Waals surface area contributed by atoms with E-state index in [4.69, 9.17) is 0 Å². The first-order valence-corrected chi connectivity index (χ1v) is 6.89. The molecule has 98 valence electrons. The third-order valence-electron chi connectivity index (χ3n) is 4.24. The summed E-state index contributed by atoms with van der Waals surface area (Å²) in [6.07, 6.45) is 6.14. The summed E-state index contributed by atoms with van der Waals surface area (Å²) in [5, 5.41) is 5.89. The first kappa shape index (κ1) is 11.9. The fraction of sp³-hybridized carbons (Fsp3) is 0.692. The lowest BCUT2D eigenvalue weighted by molar-refractivity contribution is 0.222. The van der Waals surface area contributed by atoms with Gasteiger partial charge in [-0.25, -0.2) is 15.0 Å². The van der Waals surface area contributed by atoms with E-state index in [1.54, 1.807) is 12.4 Å². The van der Waals surface area contributed by atoms with Crippen LogP contribution >= 0.6 is 0 Å². The van der Waals surface area contributed by atoms with Gasteiger partial charge in [-0.3, -0.25) is 5.43 Å². The van der Waals surface area contributed by atoms with Gasteiger partial charge in [0, 0.05) is 31.5 Å². The number of anilines is 1. The Hall–Kier alpha value is -1.20. The van der Waals surface area contributed by atoms with Gasteiger partial charge in [0.1, 0.15) is 0 Å². The average molecular weight is 247 g/mol. The van der Waals surface area contributed by atoms with Crippen LogP contribution in [0, 0.1) is 11.8 Å².